The van der Waals surface area contributed by atoms with Crippen LogP contribution in [0.1, 0.15) is 51.9 Å². The Balaban J connectivity index is 1.76. The van der Waals surface area contributed by atoms with E-state index in [0.717, 1.165) is 39.1 Å². The Kier molecular flexibility index (Phi) is 5.64. The average Bonchev–Trinajstić information content (AvgIpc) is 2.40. The molecule has 1 aliphatic carbocycles. The minimum atomic E-state index is -0.146. The number of Topliss-reactive ketones (excluding diaryl/α,β-unsaturated/α-hetero) is 1. The highest BCUT2D eigenvalue weighted by atomic mass is 16.5. The van der Waals surface area contributed by atoms with Crippen LogP contribution in [0.2, 0.25) is 0 Å². The molecule has 2 aliphatic rings. The van der Waals surface area contributed by atoms with Gasteiger partial charge in [-0.3, -0.25) is 9.69 Å². The van der Waals surface area contributed by atoms with Gasteiger partial charge in [-0.25, -0.2) is 0 Å². The number of ether oxygens (including phenoxy) is 1. The summed E-state index contributed by atoms with van der Waals surface area (Å²) < 4.78 is 5.67. The fourth-order valence-electron chi connectivity index (χ4n) is 3.22. The zero-order valence-corrected chi connectivity index (χ0v) is 11.7. The lowest BCUT2D eigenvalue weighted by molar-refractivity contribution is -0.137. The third-order valence-corrected chi connectivity index (χ3v) is 4.26. The van der Waals surface area contributed by atoms with E-state index in [1.807, 2.05) is 0 Å². The van der Waals surface area contributed by atoms with Crippen molar-refractivity contribution in [2.75, 3.05) is 26.2 Å². The maximum atomic E-state index is 12.3. The summed E-state index contributed by atoms with van der Waals surface area (Å²) in [5, 5.41) is 0. The molecule has 1 heterocycles. The van der Waals surface area contributed by atoms with Gasteiger partial charge in [0.05, 0.1) is 6.61 Å². The summed E-state index contributed by atoms with van der Waals surface area (Å²) in [5.74, 6) is 0.985. The van der Waals surface area contributed by atoms with Gasteiger partial charge in [-0.15, -0.1) is 0 Å². The Morgan fingerprint density at radius 3 is 2.78 bits per heavy atom. The van der Waals surface area contributed by atoms with E-state index >= 15 is 0 Å². The second kappa shape index (κ2) is 7.25. The van der Waals surface area contributed by atoms with Crippen LogP contribution in [0.4, 0.5) is 0 Å². The van der Waals surface area contributed by atoms with E-state index in [-0.39, 0.29) is 6.10 Å². The molecule has 2 fully saturated rings. The number of nitrogens with zero attached hydrogens (tertiary/aromatic N) is 1. The molecule has 0 N–H and O–H groups in total. The first-order valence-electron chi connectivity index (χ1n) is 7.66. The van der Waals surface area contributed by atoms with Gasteiger partial charge in [-0.1, -0.05) is 39.0 Å². The molecule has 1 unspecified atom stereocenters. The number of ketones is 1. The van der Waals surface area contributed by atoms with Gasteiger partial charge in [0.15, 0.2) is 5.78 Å². The van der Waals surface area contributed by atoms with Crippen molar-refractivity contribution in [1.29, 1.82) is 0 Å². The van der Waals surface area contributed by atoms with E-state index in [1.54, 1.807) is 0 Å². The quantitative estimate of drug-likeness (QED) is 0.754. The lowest BCUT2D eigenvalue weighted by Gasteiger charge is -2.32. The Morgan fingerprint density at radius 1 is 1.28 bits per heavy atom. The van der Waals surface area contributed by atoms with Gasteiger partial charge in [-0.2, -0.15) is 0 Å². The minimum absolute atomic E-state index is 0.146. The van der Waals surface area contributed by atoms with Crippen LogP contribution in [0, 0.1) is 5.92 Å². The van der Waals surface area contributed by atoms with Crippen LogP contribution in [-0.4, -0.2) is 43.0 Å². The van der Waals surface area contributed by atoms with E-state index in [0.29, 0.717) is 11.7 Å². The summed E-state index contributed by atoms with van der Waals surface area (Å²) in [6.45, 7) is 5.81. The van der Waals surface area contributed by atoms with Crippen molar-refractivity contribution in [2.24, 2.45) is 5.92 Å². The second-order valence-corrected chi connectivity index (χ2v) is 5.83. The molecular formula is C15H27NO2. The van der Waals surface area contributed by atoms with E-state index in [4.69, 9.17) is 4.74 Å². The lowest BCUT2D eigenvalue weighted by Crippen LogP contribution is -2.46. The summed E-state index contributed by atoms with van der Waals surface area (Å²) in [7, 11) is 0. The van der Waals surface area contributed by atoms with Crippen LogP contribution in [0.5, 0.6) is 0 Å². The smallest absolute Gasteiger partial charge is 0.163 e. The number of carbonyl (C=O) groups is 1. The molecule has 104 valence electrons. The summed E-state index contributed by atoms with van der Waals surface area (Å²) in [5.41, 5.74) is 0. The Morgan fingerprint density at radius 2 is 2.06 bits per heavy atom. The molecule has 18 heavy (non-hydrogen) atoms. The lowest BCUT2D eigenvalue weighted by atomic mass is 9.85. The molecule has 2 rings (SSSR count). The Hall–Kier alpha value is -0.410. The number of hydrogen-bond donors (Lipinski definition) is 0. The number of rotatable bonds is 5. The van der Waals surface area contributed by atoms with Crippen molar-refractivity contribution in [3.05, 3.63) is 0 Å². The molecule has 3 heteroatoms. The average molecular weight is 253 g/mol. The first kappa shape index (κ1) is 14.0. The normalized spacial score (nSPS) is 27.3. The van der Waals surface area contributed by atoms with Crippen LogP contribution in [-0.2, 0) is 9.53 Å². The molecule has 0 aromatic rings. The molecule has 3 nitrogen and oxygen atoms in total. The maximum Gasteiger partial charge on any atom is 0.163 e. The number of hydrogen-bond acceptors (Lipinski definition) is 3. The fourth-order valence-corrected chi connectivity index (χ4v) is 3.22. The third kappa shape index (κ3) is 4.06. The van der Waals surface area contributed by atoms with Crippen molar-refractivity contribution in [3.8, 4) is 0 Å². The van der Waals surface area contributed by atoms with Crippen LogP contribution in [0.25, 0.3) is 0 Å². The fraction of sp³-hybridized carbons (Fsp3) is 0.933. The van der Waals surface area contributed by atoms with Crippen molar-refractivity contribution < 1.29 is 9.53 Å². The first-order chi connectivity index (χ1) is 8.79. The van der Waals surface area contributed by atoms with Gasteiger partial charge in [0.25, 0.3) is 0 Å². The van der Waals surface area contributed by atoms with Crippen molar-refractivity contribution in [3.63, 3.8) is 0 Å². The Labute approximate surface area is 111 Å². The molecule has 0 bridgehead atoms. The summed E-state index contributed by atoms with van der Waals surface area (Å²) in [6.07, 6.45) is 8.24. The highest BCUT2D eigenvalue weighted by Gasteiger charge is 2.28. The zero-order valence-electron chi connectivity index (χ0n) is 11.7. The van der Waals surface area contributed by atoms with Crippen LogP contribution in [0.3, 0.4) is 0 Å². The van der Waals surface area contributed by atoms with Crippen LogP contribution in [0.15, 0.2) is 0 Å². The maximum absolute atomic E-state index is 12.3. The van der Waals surface area contributed by atoms with Gasteiger partial charge >= 0.3 is 0 Å². The predicted octanol–water partition coefficient (Wildman–Crippen LogP) is 2.64. The standard InChI is InChI=1S/C15H27NO2/c1-2-8-16-9-10-18-15(12-16)14(17)11-13-6-4-3-5-7-13/h13,15H,2-12H2,1H3. The topological polar surface area (TPSA) is 29.5 Å². The van der Waals surface area contributed by atoms with Gasteiger partial charge in [0.2, 0.25) is 0 Å². The number of morpholine rings is 1. The van der Waals surface area contributed by atoms with E-state index in [2.05, 4.69) is 11.8 Å². The first-order valence-corrected chi connectivity index (χ1v) is 7.66. The molecule has 0 radical (unpaired) electrons. The predicted molar refractivity (Wildman–Crippen MR) is 72.7 cm³/mol. The van der Waals surface area contributed by atoms with Crippen molar-refractivity contribution in [2.45, 2.75) is 58.0 Å². The highest BCUT2D eigenvalue weighted by Crippen LogP contribution is 2.27. The van der Waals surface area contributed by atoms with Gasteiger partial charge in [0, 0.05) is 19.5 Å². The van der Waals surface area contributed by atoms with E-state index in [1.165, 1.54) is 32.1 Å². The summed E-state index contributed by atoms with van der Waals surface area (Å²) >= 11 is 0. The minimum Gasteiger partial charge on any atom is -0.368 e. The van der Waals surface area contributed by atoms with Gasteiger partial charge < -0.3 is 4.74 Å². The zero-order chi connectivity index (χ0) is 12.8. The number of carbonyl (C=O) groups excluding carboxylic acids is 1. The molecular weight excluding hydrogens is 226 g/mol. The summed E-state index contributed by atoms with van der Waals surface area (Å²) in [4.78, 5) is 14.6. The Bertz CT molecular complexity index is 259. The van der Waals surface area contributed by atoms with Crippen LogP contribution >= 0.6 is 0 Å². The molecule has 1 saturated carbocycles. The van der Waals surface area contributed by atoms with Crippen molar-refractivity contribution in [1.82, 2.24) is 4.90 Å². The molecule has 0 aromatic carbocycles. The van der Waals surface area contributed by atoms with E-state index in [9.17, 15) is 4.79 Å². The molecule has 1 atom stereocenters. The van der Waals surface area contributed by atoms with Crippen LogP contribution < -0.4 is 0 Å². The molecule has 1 saturated heterocycles. The SMILES string of the molecule is CCCN1CCOC(C(=O)CC2CCCCC2)C1. The third-order valence-electron chi connectivity index (χ3n) is 4.26. The second-order valence-electron chi connectivity index (χ2n) is 5.83. The molecule has 0 aromatic heterocycles. The monoisotopic (exact) mass is 253 g/mol. The van der Waals surface area contributed by atoms with Gasteiger partial charge in [0.1, 0.15) is 6.10 Å². The van der Waals surface area contributed by atoms with Crippen molar-refractivity contribution >= 4 is 5.78 Å². The van der Waals surface area contributed by atoms with Gasteiger partial charge in [-0.05, 0) is 18.9 Å². The summed E-state index contributed by atoms with van der Waals surface area (Å²) in [6, 6.07) is 0. The highest BCUT2D eigenvalue weighted by molar-refractivity contribution is 5.83. The largest absolute Gasteiger partial charge is 0.368 e. The molecule has 0 amide bonds. The molecule has 1 aliphatic heterocycles. The van der Waals surface area contributed by atoms with E-state index < -0.39 is 0 Å². The molecule has 0 spiro atoms.